The molecule has 2 rings (SSSR count). The first kappa shape index (κ1) is 20.9. The van der Waals surface area contributed by atoms with E-state index >= 15 is 0 Å². The first-order valence-corrected chi connectivity index (χ1v) is 9.50. The second-order valence-electron chi connectivity index (χ2n) is 5.84. The van der Waals surface area contributed by atoms with Gasteiger partial charge in [0.15, 0.2) is 0 Å². The van der Waals surface area contributed by atoms with E-state index in [1.807, 2.05) is 0 Å². The van der Waals surface area contributed by atoms with Crippen molar-refractivity contribution in [3.63, 3.8) is 0 Å². The highest BCUT2D eigenvalue weighted by atomic mass is 35.5. The van der Waals surface area contributed by atoms with Crippen LogP contribution in [-0.4, -0.2) is 44.8 Å². The molecule has 24 heavy (non-hydrogen) atoms. The monoisotopic (exact) mass is 375 g/mol. The summed E-state index contributed by atoms with van der Waals surface area (Å²) in [7, 11) is -3.54. The van der Waals surface area contributed by atoms with Gasteiger partial charge < -0.3 is 11.1 Å². The van der Waals surface area contributed by atoms with Crippen LogP contribution in [0.25, 0.3) is 0 Å². The van der Waals surface area contributed by atoms with Crippen LogP contribution in [-0.2, 0) is 10.0 Å². The molecule has 0 saturated carbocycles. The summed E-state index contributed by atoms with van der Waals surface area (Å²) in [6.07, 6.45) is 3.53. The molecule has 3 N–H and O–H groups in total. The minimum Gasteiger partial charge on any atom is -0.352 e. The first-order valence-electron chi connectivity index (χ1n) is 8.06. The minimum atomic E-state index is -3.54. The van der Waals surface area contributed by atoms with Crippen LogP contribution in [0, 0.1) is 6.92 Å². The molecule has 1 heterocycles. The number of hydrogen-bond acceptors (Lipinski definition) is 4. The van der Waals surface area contributed by atoms with Crippen LogP contribution in [0.1, 0.15) is 41.6 Å². The molecule has 1 amide bonds. The van der Waals surface area contributed by atoms with Crippen LogP contribution in [0.4, 0.5) is 0 Å². The van der Waals surface area contributed by atoms with Gasteiger partial charge in [0.1, 0.15) is 0 Å². The Kier molecular flexibility index (Phi) is 8.15. The predicted molar refractivity (Wildman–Crippen MR) is 97.0 cm³/mol. The van der Waals surface area contributed by atoms with Crippen LogP contribution in [0.15, 0.2) is 23.1 Å². The number of carbonyl (C=O) groups excluding carboxylic acids is 1. The maximum absolute atomic E-state index is 12.8. The molecule has 0 spiro atoms. The lowest BCUT2D eigenvalue weighted by Crippen LogP contribution is -2.36. The third-order valence-electron chi connectivity index (χ3n) is 4.05. The van der Waals surface area contributed by atoms with Gasteiger partial charge in [-0.1, -0.05) is 12.5 Å². The normalized spacial score (nSPS) is 15.6. The quantitative estimate of drug-likeness (QED) is 0.739. The molecule has 1 aliphatic rings. The molecule has 1 saturated heterocycles. The SMILES string of the molecule is Cc1ccc(C(=O)NCCCN)cc1S(=O)(=O)N1CCCCC1.Cl. The van der Waals surface area contributed by atoms with Gasteiger partial charge in [-0.25, -0.2) is 8.42 Å². The number of nitrogens with zero attached hydrogens (tertiary/aromatic N) is 1. The predicted octanol–water partition coefficient (Wildman–Crippen LogP) is 1.67. The summed E-state index contributed by atoms with van der Waals surface area (Å²) in [6, 6.07) is 4.83. The van der Waals surface area contributed by atoms with Crippen molar-refractivity contribution >= 4 is 28.3 Å². The summed E-state index contributed by atoms with van der Waals surface area (Å²) in [5, 5.41) is 2.75. The summed E-state index contributed by atoms with van der Waals surface area (Å²) < 4.78 is 27.2. The number of halogens is 1. The van der Waals surface area contributed by atoms with E-state index in [2.05, 4.69) is 5.32 Å². The number of sulfonamides is 1. The molecule has 0 aliphatic carbocycles. The number of aryl methyl sites for hydroxylation is 1. The lowest BCUT2D eigenvalue weighted by Gasteiger charge is -2.26. The van der Waals surface area contributed by atoms with Gasteiger partial charge in [-0.3, -0.25) is 4.79 Å². The second-order valence-corrected chi connectivity index (χ2v) is 7.75. The average molecular weight is 376 g/mol. The van der Waals surface area contributed by atoms with E-state index in [-0.39, 0.29) is 23.2 Å². The van der Waals surface area contributed by atoms with E-state index in [0.29, 0.717) is 43.7 Å². The highest BCUT2D eigenvalue weighted by Crippen LogP contribution is 2.24. The summed E-state index contributed by atoms with van der Waals surface area (Å²) >= 11 is 0. The minimum absolute atomic E-state index is 0. The van der Waals surface area contributed by atoms with Gasteiger partial charge in [0, 0.05) is 25.2 Å². The van der Waals surface area contributed by atoms with E-state index in [9.17, 15) is 13.2 Å². The Hall–Kier alpha value is -1.15. The summed E-state index contributed by atoms with van der Waals surface area (Å²) in [6.45, 7) is 3.84. The van der Waals surface area contributed by atoms with Crippen molar-refractivity contribution in [3.05, 3.63) is 29.3 Å². The fraction of sp³-hybridized carbons (Fsp3) is 0.562. The third-order valence-corrected chi connectivity index (χ3v) is 6.09. The Bertz CT molecular complexity index is 659. The number of rotatable bonds is 6. The molecule has 1 aromatic rings. The molecule has 0 aromatic heterocycles. The zero-order chi connectivity index (χ0) is 16.9. The van der Waals surface area contributed by atoms with E-state index in [0.717, 1.165) is 19.3 Å². The standard InChI is InChI=1S/C16H25N3O3S.ClH/c1-13-6-7-14(16(20)18-9-5-8-17)12-15(13)23(21,22)19-10-3-2-4-11-19;/h6-7,12H,2-5,8-11,17H2,1H3,(H,18,20);1H. The summed E-state index contributed by atoms with van der Waals surface area (Å²) in [4.78, 5) is 12.4. The van der Waals surface area contributed by atoms with Gasteiger partial charge in [0.25, 0.3) is 5.91 Å². The van der Waals surface area contributed by atoms with Gasteiger partial charge in [0.05, 0.1) is 4.90 Å². The number of carbonyl (C=O) groups is 1. The average Bonchev–Trinajstić information content (AvgIpc) is 2.56. The summed E-state index contributed by atoms with van der Waals surface area (Å²) in [5.41, 5.74) is 6.43. The third kappa shape index (κ3) is 4.92. The molecule has 1 aromatic carbocycles. The topological polar surface area (TPSA) is 92.5 Å². The van der Waals surface area contributed by atoms with Crippen molar-refractivity contribution in [2.24, 2.45) is 5.73 Å². The molecule has 6 nitrogen and oxygen atoms in total. The van der Waals surface area contributed by atoms with E-state index in [1.165, 1.54) is 10.4 Å². The molecule has 0 unspecified atom stereocenters. The lowest BCUT2D eigenvalue weighted by molar-refractivity contribution is 0.0953. The van der Waals surface area contributed by atoms with Gasteiger partial charge >= 0.3 is 0 Å². The molecule has 1 aliphatic heterocycles. The van der Waals surface area contributed by atoms with Crippen LogP contribution in [0.2, 0.25) is 0 Å². The van der Waals surface area contributed by atoms with Crippen LogP contribution < -0.4 is 11.1 Å². The zero-order valence-electron chi connectivity index (χ0n) is 14.0. The Balaban J connectivity index is 0.00000288. The molecular formula is C16H26ClN3O3S. The van der Waals surface area contributed by atoms with Crippen molar-refractivity contribution < 1.29 is 13.2 Å². The largest absolute Gasteiger partial charge is 0.352 e. The Labute approximate surface area is 150 Å². The Morgan fingerprint density at radius 2 is 1.92 bits per heavy atom. The van der Waals surface area contributed by atoms with Crippen molar-refractivity contribution in [1.29, 1.82) is 0 Å². The van der Waals surface area contributed by atoms with Crippen molar-refractivity contribution in [3.8, 4) is 0 Å². The van der Waals surface area contributed by atoms with Crippen molar-refractivity contribution in [1.82, 2.24) is 9.62 Å². The number of piperidine rings is 1. The van der Waals surface area contributed by atoms with Crippen LogP contribution in [0.3, 0.4) is 0 Å². The highest BCUT2D eigenvalue weighted by Gasteiger charge is 2.28. The fourth-order valence-electron chi connectivity index (χ4n) is 2.67. The number of hydrogen-bond donors (Lipinski definition) is 2. The highest BCUT2D eigenvalue weighted by molar-refractivity contribution is 7.89. The number of nitrogens with two attached hydrogens (primary N) is 1. The van der Waals surface area contributed by atoms with E-state index in [4.69, 9.17) is 5.73 Å². The molecule has 8 heteroatoms. The molecule has 1 fully saturated rings. The van der Waals surface area contributed by atoms with Gasteiger partial charge in [0.2, 0.25) is 10.0 Å². The van der Waals surface area contributed by atoms with Gasteiger partial charge in [-0.05, 0) is 50.4 Å². The second kappa shape index (κ2) is 9.36. The van der Waals surface area contributed by atoms with E-state index in [1.54, 1.807) is 19.1 Å². The molecule has 0 atom stereocenters. The van der Waals surface area contributed by atoms with Crippen LogP contribution >= 0.6 is 12.4 Å². The molecule has 0 radical (unpaired) electrons. The van der Waals surface area contributed by atoms with Crippen molar-refractivity contribution in [2.45, 2.75) is 37.5 Å². The molecule has 136 valence electrons. The number of benzene rings is 1. The smallest absolute Gasteiger partial charge is 0.251 e. The Morgan fingerprint density at radius 3 is 2.54 bits per heavy atom. The number of nitrogens with one attached hydrogen (secondary N) is 1. The molecule has 0 bridgehead atoms. The maximum atomic E-state index is 12.8. The first-order chi connectivity index (χ1) is 11.0. The van der Waals surface area contributed by atoms with Crippen molar-refractivity contribution in [2.75, 3.05) is 26.2 Å². The Morgan fingerprint density at radius 1 is 1.25 bits per heavy atom. The van der Waals surface area contributed by atoms with E-state index < -0.39 is 10.0 Å². The lowest BCUT2D eigenvalue weighted by atomic mass is 10.1. The van der Waals surface area contributed by atoms with Crippen LogP contribution in [0.5, 0.6) is 0 Å². The maximum Gasteiger partial charge on any atom is 0.251 e. The summed E-state index contributed by atoms with van der Waals surface area (Å²) in [5.74, 6) is -0.270. The number of amides is 1. The van der Waals surface area contributed by atoms with Gasteiger partial charge in [-0.2, -0.15) is 4.31 Å². The van der Waals surface area contributed by atoms with Gasteiger partial charge in [-0.15, -0.1) is 12.4 Å². The molecular weight excluding hydrogens is 350 g/mol. The fourth-order valence-corrected chi connectivity index (χ4v) is 4.44. The zero-order valence-corrected chi connectivity index (χ0v) is 15.6.